The molecular weight excluding hydrogens is 264 g/mol. The Labute approximate surface area is 105 Å². The summed E-state index contributed by atoms with van der Waals surface area (Å²) in [6.07, 6.45) is 1.53. The topological polar surface area (TPSA) is 113 Å². The van der Waals surface area contributed by atoms with E-state index in [1.54, 1.807) is 0 Å². The largest absolute Gasteiger partial charge is 0.465 e. The summed E-state index contributed by atoms with van der Waals surface area (Å²) in [4.78, 5) is 31.4. The molecule has 0 unspecified atom stereocenters. The fourth-order valence-corrected chi connectivity index (χ4v) is 2.02. The van der Waals surface area contributed by atoms with E-state index >= 15 is 0 Å². The van der Waals surface area contributed by atoms with Crippen LogP contribution in [0.25, 0.3) is 0 Å². The molecule has 1 aromatic carbocycles. The predicted molar refractivity (Wildman–Crippen MR) is 62.9 cm³/mol. The smallest absolute Gasteiger partial charge is 0.339 e. The highest BCUT2D eigenvalue weighted by Gasteiger charge is 2.27. The Morgan fingerprint density at radius 1 is 1.28 bits per heavy atom. The summed E-state index contributed by atoms with van der Waals surface area (Å²) in [6.45, 7) is 0. The summed E-state index contributed by atoms with van der Waals surface area (Å²) >= 11 is 0.949. The van der Waals surface area contributed by atoms with Gasteiger partial charge in [0.25, 0.3) is 11.4 Å². The molecule has 96 valence electrons. The van der Waals surface area contributed by atoms with E-state index in [1.807, 2.05) is 0 Å². The van der Waals surface area contributed by atoms with Gasteiger partial charge >= 0.3 is 5.97 Å². The van der Waals surface area contributed by atoms with E-state index in [9.17, 15) is 25.0 Å². The number of hydrogen-bond acceptors (Lipinski definition) is 7. The maximum Gasteiger partial charge on any atom is 0.339 e. The lowest BCUT2D eigenvalue weighted by atomic mass is 10.1. The van der Waals surface area contributed by atoms with E-state index in [-0.39, 0.29) is 10.5 Å². The number of non-ortho nitro benzene ring substituents is 1. The van der Waals surface area contributed by atoms with Crippen LogP contribution >= 0.6 is 11.8 Å². The molecule has 0 aliphatic rings. The van der Waals surface area contributed by atoms with Gasteiger partial charge in [0.1, 0.15) is 0 Å². The predicted octanol–water partition coefficient (Wildman–Crippen LogP) is 2.01. The standard InChI is InChI=1S/C9H8N2O6S/c1-17-9(12)6-3-5(10(13)14)4-7(11(15)16)8(6)18-2/h3-4H,1-2H3. The Bertz CT molecular complexity index is 530. The third-order valence-electron chi connectivity index (χ3n) is 2.07. The number of nitro groups is 2. The SMILES string of the molecule is COC(=O)c1cc([N+](=O)[O-])cc([N+](=O)[O-])c1SC. The first-order valence-corrected chi connectivity index (χ1v) is 5.74. The number of esters is 1. The second kappa shape index (κ2) is 5.45. The quantitative estimate of drug-likeness (QED) is 0.356. The summed E-state index contributed by atoms with van der Waals surface area (Å²) in [7, 11) is 1.09. The first kappa shape index (κ1) is 13.9. The van der Waals surface area contributed by atoms with Crippen molar-refractivity contribution in [1.82, 2.24) is 0 Å². The number of nitrogens with zero attached hydrogens (tertiary/aromatic N) is 2. The van der Waals surface area contributed by atoms with Crippen molar-refractivity contribution in [2.75, 3.05) is 13.4 Å². The molecule has 18 heavy (non-hydrogen) atoms. The molecule has 0 amide bonds. The number of nitro benzene ring substituents is 2. The van der Waals surface area contributed by atoms with Crippen molar-refractivity contribution in [3.8, 4) is 0 Å². The first-order chi connectivity index (χ1) is 8.42. The first-order valence-electron chi connectivity index (χ1n) is 4.51. The Kier molecular flexibility index (Phi) is 4.21. The maximum absolute atomic E-state index is 11.5. The summed E-state index contributed by atoms with van der Waals surface area (Å²) in [5.41, 5.74) is -1.21. The van der Waals surface area contributed by atoms with Crippen LogP contribution in [0, 0.1) is 20.2 Å². The van der Waals surface area contributed by atoms with E-state index in [0.29, 0.717) is 0 Å². The molecule has 0 aromatic heterocycles. The number of carbonyl (C=O) groups is 1. The van der Waals surface area contributed by atoms with Gasteiger partial charge in [-0.3, -0.25) is 20.2 Å². The molecule has 0 aliphatic carbocycles. The fourth-order valence-electron chi connectivity index (χ4n) is 1.32. The molecule has 0 heterocycles. The van der Waals surface area contributed by atoms with Crippen molar-refractivity contribution >= 4 is 29.1 Å². The number of hydrogen-bond donors (Lipinski definition) is 0. The monoisotopic (exact) mass is 272 g/mol. The van der Waals surface area contributed by atoms with Gasteiger partial charge < -0.3 is 4.74 Å². The molecule has 1 rings (SSSR count). The second-order valence-electron chi connectivity index (χ2n) is 3.05. The molecule has 0 N–H and O–H groups in total. The minimum absolute atomic E-state index is 0.0393. The Balaban J connectivity index is 3.61. The summed E-state index contributed by atoms with van der Waals surface area (Å²) in [5.74, 6) is -0.855. The number of carbonyl (C=O) groups excluding carboxylic acids is 1. The summed E-state index contributed by atoms with van der Waals surface area (Å²) < 4.78 is 4.45. The van der Waals surface area contributed by atoms with Crippen LogP contribution in [-0.4, -0.2) is 29.2 Å². The summed E-state index contributed by atoms with van der Waals surface area (Å²) in [6, 6.07) is 1.78. The average molecular weight is 272 g/mol. The van der Waals surface area contributed by atoms with Gasteiger partial charge in [-0.25, -0.2) is 4.79 Å². The average Bonchev–Trinajstić information content (AvgIpc) is 2.35. The zero-order valence-corrected chi connectivity index (χ0v) is 10.2. The number of rotatable bonds is 4. The molecule has 1 aromatic rings. The molecule has 0 fully saturated rings. The molecule has 0 radical (unpaired) electrons. The van der Waals surface area contributed by atoms with Gasteiger partial charge in [0.15, 0.2) is 0 Å². The number of ether oxygens (including phenoxy) is 1. The van der Waals surface area contributed by atoms with Crippen LogP contribution in [0.1, 0.15) is 10.4 Å². The van der Waals surface area contributed by atoms with Crippen molar-refractivity contribution in [2.45, 2.75) is 4.90 Å². The number of benzene rings is 1. The van der Waals surface area contributed by atoms with Crippen LogP contribution in [0.5, 0.6) is 0 Å². The van der Waals surface area contributed by atoms with E-state index < -0.39 is 27.2 Å². The van der Waals surface area contributed by atoms with E-state index in [4.69, 9.17) is 0 Å². The van der Waals surface area contributed by atoms with Gasteiger partial charge in [0.2, 0.25) is 0 Å². The molecule has 0 bridgehead atoms. The highest BCUT2D eigenvalue weighted by Crippen LogP contribution is 2.35. The maximum atomic E-state index is 11.5. The Morgan fingerprint density at radius 3 is 2.28 bits per heavy atom. The zero-order valence-electron chi connectivity index (χ0n) is 9.41. The minimum Gasteiger partial charge on any atom is -0.465 e. The Hall–Kier alpha value is -2.16. The molecule has 8 nitrogen and oxygen atoms in total. The van der Waals surface area contributed by atoms with E-state index in [0.717, 1.165) is 31.0 Å². The van der Waals surface area contributed by atoms with Crippen LogP contribution in [0.2, 0.25) is 0 Å². The third kappa shape index (κ3) is 2.56. The highest BCUT2D eigenvalue weighted by molar-refractivity contribution is 7.98. The van der Waals surface area contributed by atoms with Crippen LogP contribution in [0.3, 0.4) is 0 Å². The van der Waals surface area contributed by atoms with Crippen molar-refractivity contribution in [2.24, 2.45) is 0 Å². The second-order valence-corrected chi connectivity index (χ2v) is 3.87. The fraction of sp³-hybridized carbons (Fsp3) is 0.222. The number of methoxy groups -OCH3 is 1. The molecule has 0 atom stereocenters. The van der Waals surface area contributed by atoms with Crippen LogP contribution in [0.15, 0.2) is 17.0 Å². The Morgan fingerprint density at radius 2 is 1.89 bits per heavy atom. The van der Waals surface area contributed by atoms with Gasteiger partial charge in [0.05, 0.1) is 33.5 Å². The van der Waals surface area contributed by atoms with Crippen LogP contribution in [-0.2, 0) is 4.74 Å². The molecule has 0 aliphatic heterocycles. The van der Waals surface area contributed by atoms with Gasteiger partial charge in [-0.2, -0.15) is 0 Å². The van der Waals surface area contributed by atoms with Crippen LogP contribution < -0.4 is 0 Å². The highest BCUT2D eigenvalue weighted by atomic mass is 32.2. The van der Waals surface area contributed by atoms with Gasteiger partial charge in [-0.1, -0.05) is 0 Å². The third-order valence-corrected chi connectivity index (χ3v) is 2.91. The molecular formula is C9H8N2O6S. The van der Waals surface area contributed by atoms with E-state index in [1.165, 1.54) is 6.26 Å². The molecule has 0 saturated carbocycles. The lowest BCUT2D eigenvalue weighted by Gasteiger charge is -2.06. The van der Waals surface area contributed by atoms with Crippen molar-refractivity contribution in [3.05, 3.63) is 37.9 Å². The van der Waals surface area contributed by atoms with Gasteiger partial charge in [-0.05, 0) is 6.26 Å². The van der Waals surface area contributed by atoms with Crippen molar-refractivity contribution < 1.29 is 19.4 Å². The van der Waals surface area contributed by atoms with Gasteiger partial charge in [0, 0.05) is 6.07 Å². The molecule has 0 saturated heterocycles. The minimum atomic E-state index is -0.855. The summed E-state index contributed by atoms with van der Waals surface area (Å²) in [5, 5.41) is 21.5. The van der Waals surface area contributed by atoms with Gasteiger partial charge in [-0.15, -0.1) is 11.8 Å². The lowest BCUT2D eigenvalue weighted by Crippen LogP contribution is -2.06. The van der Waals surface area contributed by atoms with Crippen LogP contribution in [0.4, 0.5) is 11.4 Å². The molecule has 9 heteroatoms. The zero-order chi connectivity index (χ0) is 13.9. The lowest BCUT2D eigenvalue weighted by molar-refractivity contribution is -0.396. The van der Waals surface area contributed by atoms with E-state index in [2.05, 4.69) is 4.74 Å². The molecule has 0 spiro atoms. The normalized spacial score (nSPS) is 9.89. The van der Waals surface area contributed by atoms with Crippen molar-refractivity contribution in [3.63, 3.8) is 0 Å². The number of thioether (sulfide) groups is 1. The van der Waals surface area contributed by atoms with Crippen molar-refractivity contribution in [1.29, 1.82) is 0 Å².